The highest BCUT2D eigenvalue weighted by Crippen LogP contribution is 2.44. The second kappa shape index (κ2) is 4.58. The Morgan fingerprint density at radius 3 is 2.61 bits per heavy atom. The van der Waals surface area contributed by atoms with Gasteiger partial charge >= 0.3 is 0 Å². The molecule has 0 heterocycles. The molecule has 1 fully saturated rings. The van der Waals surface area contributed by atoms with E-state index in [0.717, 1.165) is 6.42 Å². The first kappa shape index (κ1) is 12.8. The lowest BCUT2D eigenvalue weighted by atomic mass is 9.97. The van der Waals surface area contributed by atoms with E-state index in [-0.39, 0.29) is 10.8 Å². The largest absolute Gasteiger partial charge is 0.222 e. The summed E-state index contributed by atoms with van der Waals surface area (Å²) in [6.45, 7) is 3.68. The molecule has 1 aromatic carbocycles. The van der Waals surface area contributed by atoms with Crippen molar-refractivity contribution in [3.05, 3.63) is 43.0 Å². The van der Waals surface area contributed by atoms with Gasteiger partial charge in [0.15, 0.2) is 14.6 Å². The van der Waals surface area contributed by atoms with Crippen LogP contribution in [0.2, 0.25) is 0 Å². The molecule has 3 nitrogen and oxygen atoms in total. The molecular weight excluding hydrogens is 246 g/mol. The van der Waals surface area contributed by atoms with Gasteiger partial charge in [-0.3, -0.25) is 0 Å². The fourth-order valence-electron chi connectivity index (χ4n) is 2.65. The number of hydrogen-bond donors (Lipinski definition) is 0. The zero-order valence-corrected chi connectivity index (χ0v) is 10.9. The molecule has 94 valence electrons. The van der Waals surface area contributed by atoms with Gasteiger partial charge in [-0.05, 0) is 25.0 Å². The van der Waals surface area contributed by atoms with E-state index in [9.17, 15) is 13.7 Å². The Hall–Kier alpha value is -1.60. The zero-order chi connectivity index (χ0) is 13.2. The lowest BCUT2D eigenvalue weighted by molar-refractivity contribution is 0.523. The highest BCUT2D eigenvalue weighted by Gasteiger charge is 2.53. The van der Waals surface area contributed by atoms with Gasteiger partial charge < -0.3 is 0 Å². The lowest BCUT2D eigenvalue weighted by Gasteiger charge is -2.26. The number of rotatable bonds is 3. The minimum Gasteiger partial charge on any atom is -0.222 e. The van der Waals surface area contributed by atoms with E-state index >= 15 is 0 Å². The second-order valence-electron chi connectivity index (χ2n) is 4.55. The summed E-state index contributed by atoms with van der Waals surface area (Å²) in [5.41, 5.74) is 0. The van der Waals surface area contributed by atoms with E-state index in [1.165, 1.54) is 0 Å². The van der Waals surface area contributed by atoms with Crippen LogP contribution in [-0.2, 0) is 9.84 Å². The van der Waals surface area contributed by atoms with Crippen LogP contribution in [0, 0.1) is 17.2 Å². The van der Waals surface area contributed by atoms with Gasteiger partial charge in [0.1, 0.15) is 0 Å². The molecule has 18 heavy (non-hydrogen) atoms. The molecule has 2 rings (SSSR count). The van der Waals surface area contributed by atoms with Gasteiger partial charge in [-0.1, -0.05) is 30.7 Å². The minimum absolute atomic E-state index is 0.223. The van der Waals surface area contributed by atoms with Crippen LogP contribution in [0.25, 0.3) is 0 Å². The van der Waals surface area contributed by atoms with Crippen molar-refractivity contribution in [1.29, 1.82) is 5.26 Å². The standard InChI is InChI=1S/C14H15NO2S/c1-2-12-7-6-10-14(12,11-15)18(16,17)13-8-4-3-5-9-13/h2-5,8-9,12H,1,6-7,10H2. The Kier molecular flexibility index (Phi) is 3.27. The maximum atomic E-state index is 12.7. The average molecular weight is 261 g/mol. The third-order valence-corrected chi connectivity index (χ3v) is 6.12. The van der Waals surface area contributed by atoms with Crippen LogP contribution in [0.4, 0.5) is 0 Å². The first-order valence-corrected chi connectivity index (χ1v) is 7.40. The maximum absolute atomic E-state index is 12.7. The van der Waals surface area contributed by atoms with Crippen molar-refractivity contribution in [2.45, 2.75) is 28.9 Å². The molecule has 1 saturated carbocycles. The topological polar surface area (TPSA) is 57.9 Å². The van der Waals surface area contributed by atoms with Gasteiger partial charge in [-0.25, -0.2) is 8.42 Å². The highest BCUT2D eigenvalue weighted by atomic mass is 32.2. The van der Waals surface area contributed by atoms with Crippen molar-refractivity contribution in [2.75, 3.05) is 0 Å². The average Bonchev–Trinajstić information content (AvgIpc) is 2.84. The Balaban J connectivity index is 2.59. The molecule has 2 atom stereocenters. The van der Waals surface area contributed by atoms with Gasteiger partial charge in [0.25, 0.3) is 0 Å². The fourth-order valence-corrected chi connectivity index (χ4v) is 4.74. The normalized spacial score (nSPS) is 27.6. The first-order chi connectivity index (χ1) is 8.58. The Morgan fingerprint density at radius 2 is 2.06 bits per heavy atom. The SMILES string of the molecule is C=CC1CCCC1(C#N)S(=O)(=O)c1ccccc1. The number of nitriles is 1. The van der Waals surface area contributed by atoms with Gasteiger partial charge in [-0.2, -0.15) is 5.26 Å². The van der Waals surface area contributed by atoms with Gasteiger partial charge in [-0.15, -0.1) is 6.58 Å². The zero-order valence-electron chi connectivity index (χ0n) is 10.0. The predicted molar refractivity (Wildman–Crippen MR) is 69.5 cm³/mol. The van der Waals surface area contributed by atoms with Gasteiger partial charge in [0, 0.05) is 5.92 Å². The molecule has 0 radical (unpaired) electrons. The van der Waals surface area contributed by atoms with E-state index in [4.69, 9.17) is 0 Å². The lowest BCUT2D eigenvalue weighted by Crippen LogP contribution is -2.40. The minimum atomic E-state index is -3.64. The molecular formula is C14H15NO2S. The summed E-state index contributed by atoms with van der Waals surface area (Å²) >= 11 is 0. The quantitative estimate of drug-likeness (QED) is 0.786. The summed E-state index contributed by atoms with van der Waals surface area (Å²) in [6, 6.07) is 10.3. The van der Waals surface area contributed by atoms with Gasteiger partial charge in [0.2, 0.25) is 0 Å². The Bertz CT molecular complexity index is 586. The molecule has 0 aliphatic heterocycles. The first-order valence-electron chi connectivity index (χ1n) is 5.92. The number of sulfone groups is 1. The molecule has 0 aromatic heterocycles. The van der Waals surface area contributed by atoms with Crippen molar-refractivity contribution >= 4 is 9.84 Å². The van der Waals surface area contributed by atoms with E-state index < -0.39 is 14.6 Å². The van der Waals surface area contributed by atoms with Crippen molar-refractivity contribution in [3.63, 3.8) is 0 Å². The number of nitrogens with zero attached hydrogens (tertiary/aromatic N) is 1. The monoisotopic (exact) mass is 261 g/mol. The van der Waals surface area contributed by atoms with Crippen LogP contribution in [0.5, 0.6) is 0 Å². The van der Waals surface area contributed by atoms with E-state index in [0.29, 0.717) is 12.8 Å². The van der Waals surface area contributed by atoms with E-state index in [1.54, 1.807) is 36.4 Å². The Labute approximate surface area is 108 Å². The summed E-state index contributed by atoms with van der Waals surface area (Å²) in [6.07, 6.45) is 3.45. The second-order valence-corrected chi connectivity index (χ2v) is 6.76. The third-order valence-electron chi connectivity index (χ3n) is 3.67. The van der Waals surface area contributed by atoms with Crippen LogP contribution in [-0.4, -0.2) is 13.2 Å². The van der Waals surface area contributed by atoms with Crippen LogP contribution >= 0.6 is 0 Å². The number of benzene rings is 1. The molecule has 0 N–H and O–H groups in total. The van der Waals surface area contributed by atoms with Crippen molar-refractivity contribution in [2.24, 2.45) is 5.92 Å². The van der Waals surface area contributed by atoms with Crippen molar-refractivity contribution < 1.29 is 8.42 Å². The van der Waals surface area contributed by atoms with Crippen LogP contribution < -0.4 is 0 Å². The number of hydrogen-bond acceptors (Lipinski definition) is 3. The molecule has 1 aromatic rings. The highest BCUT2D eigenvalue weighted by molar-refractivity contribution is 7.93. The van der Waals surface area contributed by atoms with Crippen LogP contribution in [0.15, 0.2) is 47.9 Å². The summed E-state index contributed by atoms with van der Waals surface area (Å²) in [5, 5.41) is 9.44. The predicted octanol–water partition coefficient (Wildman–Crippen LogP) is 2.71. The summed E-state index contributed by atoms with van der Waals surface area (Å²) in [4.78, 5) is 0.223. The molecule has 0 bridgehead atoms. The van der Waals surface area contributed by atoms with E-state index in [2.05, 4.69) is 12.6 Å². The third kappa shape index (κ3) is 1.67. The molecule has 4 heteroatoms. The molecule has 0 spiro atoms. The summed E-state index contributed by atoms with van der Waals surface area (Å²) in [5.74, 6) is -0.285. The molecule has 2 unspecified atom stereocenters. The smallest absolute Gasteiger partial charge is 0.198 e. The maximum Gasteiger partial charge on any atom is 0.198 e. The van der Waals surface area contributed by atoms with Crippen LogP contribution in [0.3, 0.4) is 0 Å². The Morgan fingerprint density at radius 1 is 1.39 bits per heavy atom. The van der Waals surface area contributed by atoms with E-state index in [1.807, 2.05) is 0 Å². The molecule has 1 aliphatic rings. The fraction of sp³-hybridized carbons (Fsp3) is 0.357. The molecule has 0 amide bonds. The summed E-state index contributed by atoms with van der Waals surface area (Å²) < 4.78 is 24.0. The molecule has 1 aliphatic carbocycles. The van der Waals surface area contributed by atoms with Crippen LogP contribution in [0.1, 0.15) is 19.3 Å². The number of allylic oxidation sites excluding steroid dienone is 1. The van der Waals surface area contributed by atoms with Crippen molar-refractivity contribution in [3.8, 4) is 6.07 Å². The van der Waals surface area contributed by atoms with Crippen molar-refractivity contribution in [1.82, 2.24) is 0 Å². The van der Waals surface area contributed by atoms with Gasteiger partial charge in [0.05, 0.1) is 11.0 Å². The summed E-state index contributed by atoms with van der Waals surface area (Å²) in [7, 11) is -3.64. The molecule has 0 saturated heterocycles.